The molecule has 0 fully saturated rings. The molecule has 0 saturated carbocycles. The van der Waals surface area contributed by atoms with E-state index in [1.165, 1.54) is 11.1 Å². The second-order valence-electron chi connectivity index (χ2n) is 5.54. The van der Waals surface area contributed by atoms with Crippen LogP contribution in [0, 0.1) is 13.8 Å². The Hall–Kier alpha value is -1.80. The maximum atomic E-state index is 6.48. The molecule has 2 nitrogen and oxygen atoms in total. The van der Waals surface area contributed by atoms with Crippen molar-refractivity contribution >= 4 is 0 Å². The van der Waals surface area contributed by atoms with Crippen LogP contribution < -0.4 is 10.5 Å². The van der Waals surface area contributed by atoms with Crippen molar-refractivity contribution in [2.24, 2.45) is 5.73 Å². The van der Waals surface area contributed by atoms with Crippen LogP contribution in [0.25, 0.3) is 0 Å². The number of benzene rings is 2. The molecule has 2 N–H and O–H groups in total. The minimum atomic E-state index is -0.162. The first-order valence-corrected chi connectivity index (χ1v) is 7.07. The summed E-state index contributed by atoms with van der Waals surface area (Å²) in [4.78, 5) is 0. The number of hydrogen-bond donors (Lipinski definition) is 1. The SMILES string of the molecule is Cc1ccc(C)c(C(N)c2ccccc2OC(C)C)c1. The molecule has 1 unspecified atom stereocenters. The molecule has 0 aliphatic carbocycles. The van der Waals surface area contributed by atoms with Crippen molar-refractivity contribution in [1.82, 2.24) is 0 Å². The van der Waals surface area contributed by atoms with Crippen LogP contribution in [0.1, 0.15) is 42.1 Å². The Balaban J connectivity index is 2.42. The first-order chi connectivity index (χ1) is 9.49. The van der Waals surface area contributed by atoms with Crippen LogP contribution in [0.2, 0.25) is 0 Å². The van der Waals surface area contributed by atoms with Crippen molar-refractivity contribution in [3.8, 4) is 5.75 Å². The zero-order valence-electron chi connectivity index (χ0n) is 12.7. The molecule has 0 amide bonds. The van der Waals surface area contributed by atoms with Gasteiger partial charge in [-0.2, -0.15) is 0 Å². The van der Waals surface area contributed by atoms with Crippen molar-refractivity contribution in [3.05, 3.63) is 64.7 Å². The van der Waals surface area contributed by atoms with Crippen molar-refractivity contribution in [1.29, 1.82) is 0 Å². The summed E-state index contributed by atoms with van der Waals surface area (Å²) in [7, 11) is 0. The number of para-hydroxylation sites is 1. The molecule has 2 aromatic rings. The van der Waals surface area contributed by atoms with E-state index in [1.54, 1.807) is 0 Å². The number of ether oxygens (including phenoxy) is 1. The summed E-state index contributed by atoms with van der Waals surface area (Å²) in [5.41, 5.74) is 11.1. The standard InChI is InChI=1S/C18H23NO/c1-12(2)20-17-8-6-5-7-15(17)18(19)16-11-13(3)9-10-14(16)4/h5-12,18H,19H2,1-4H3. The lowest BCUT2D eigenvalue weighted by atomic mass is 9.94. The maximum absolute atomic E-state index is 6.48. The van der Waals surface area contributed by atoms with Gasteiger partial charge in [-0.25, -0.2) is 0 Å². The summed E-state index contributed by atoms with van der Waals surface area (Å²) in [6.45, 7) is 8.24. The second-order valence-corrected chi connectivity index (χ2v) is 5.54. The van der Waals surface area contributed by atoms with E-state index in [-0.39, 0.29) is 12.1 Å². The van der Waals surface area contributed by atoms with E-state index < -0.39 is 0 Å². The third-order valence-electron chi connectivity index (χ3n) is 3.39. The van der Waals surface area contributed by atoms with Gasteiger partial charge >= 0.3 is 0 Å². The first kappa shape index (κ1) is 14.6. The summed E-state index contributed by atoms with van der Waals surface area (Å²) in [5.74, 6) is 0.871. The lowest BCUT2D eigenvalue weighted by Gasteiger charge is -2.20. The molecule has 0 spiro atoms. The Morgan fingerprint density at radius 3 is 2.35 bits per heavy atom. The highest BCUT2D eigenvalue weighted by atomic mass is 16.5. The quantitative estimate of drug-likeness (QED) is 0.905. The Bertz CT molecular complexity index is 590. The topological polar surface area (TPSA) is 35.2 Å². The zero-order chi connectivity index (χ0) is 14.7. The molecule has 0 heterocycles. The molecule has 20 heavy (non-hydrogen) atoms. The highest BCUT2D eigenvalue weighted by molar-refractivity contribution is 5.44. The highest BCUT2D eigenvalue weighted by Crippen LogP contribution is 2.30. The average molecular weight is 269 g/mol. The Morgan fingerprint density at radius 2 is 1.65 bits per heavy atom. The number of nitrogens with two attached hydrogens (primary N) is 1. The van der Waals surface area contributed by atoms with E-state index in [0.29, 0.717) is 0 Å². The third kappa shape index (κ3) is 3.20. The monoisotopic (exact) mass is 269 g/mol. The van der Waals surface area contributed by atoms with Crippen molar-refractivity contribution in [2.75, 3.05) is 0 Å². The molecule has 0 radical (unpaired) electrons. The smallest absolute Gasteiger partial charge is 0.124 e. The normalized spacial score (nSPS) is 12.5. The van der Waals surface area contributed by atoms with Crippen LogP contribution in [0.15, 0.2) is 42.5 Å². The summed E-state index contributed by atoms with van der Waals surface area (Å²) in [5, 5.41) is 0. The second kappa shape index (κ2) is 6.10. The van der Waals surface area contributed by atoms with Crippen LogP contribution >= 0.6 is 0 Å². The summed E-state index contributed by atoms with van der Waals surface area (Å²) in [6.07, 6.45) is 0.141. The lowest BCUT2D eigenvalue weighted by molar-refractivity contribution is 0.239. The molecule has 106 valence electrons. The lowest BCUT2D eigenvalue weighted by Crippen LogP contribution is -2.16. The van der Waals surface area contributed by atoms with Crippen LogP contribution in [-0.4, -0.2) is 6.10 Å². The van der Waals surface area contributed by atoms with Gasteiger partial charge in [-0.05, 0) is 44.9 Å². The predicted molar refractivity (Wildman–Crippen MR) is 84.2 cm³/mol. The minimum Gasteiger partial charge on any atom is -0.491 e. The Morgan fingerprint density at radius 1 is 0.950 bits per heavy atom. The van der Waals surface area contributed by atoms with Gasteiger partial charge in [0.05, 0.1) is 12.1 Å². The highest BCUT2D eigenvalue weighted by Gasteiger charge is 2.16. The minimum absolute atomic E-state index is 0.141. The molecule has 0 aliphatic heterocycles. The fraction of sp³-hybridized carbons (Fsp3) is 0.333. The average Bonchev–Trinajstić information content (AvgIpc) is 2.41. The van der Waals surface area contributed by atoms with Gasteiger partial charge < -0.3 is 10.5 Å². The van der Waals surface area contributed by atoms with E-state index in [0.717, 1.165) is 16.9 Å². The molecular weight excluding hydrogens is 246 g/mol. The third-order valence-corrected chi connectivity index (χ3v) is 3.39. The van der Waals surface area contributed by atoms with Gasteiger partial charge in [0.2, 0.25) is 0 Å². The van der Waals surface area contributed by atoms with Gasteiger partial charge in [0.1, 0.15) is 5.75 Å². The van der Waals surface area contributed by atoms with Gasteiger partial charge in [0.15, 0.2) is 0 Å². The zero-order valence-corrected chi connectivity index (χ0v) is 12.7. The molecule has 1 atom stereocenters. The molecule has 0 aliphatic rings. The fourth-order valence-corrected chi connectivity index (χ4v) is 2.36. The summed E-state index contributed by atoms with van der Waals surface area (Å²) in [6, 6.07) is 14.3. The summed E-state index contributed by atoms with van der Waals surface area (Å²) < 4.78 is 5.88. The van der Waals surface area contributed by atoms with Crippen LogP contribution in [0.5, 0.6) is 5.75 Å². The fourth-order valence-electron chi connectivity index (χ4n) is 2.36. The van der Waals surface area contributed by atoms with E-state index in [1.807, 2.05) is 38.1 Å². The summed E-state index contributed by atoms with van der Waals surface area (Å²) >= 11 is 0. The van der Waals surface area contributed by atoms with Gasteiger partial charge in [-0.15, -0.1) is 0 Å². The van der Waals surface area contributed by atoms with E-state index in [2.05, 4.69) is 32.0 Å². The van der Waals surface area contributed by atoms with Crippen molar-refractivity contribution in [3.63, 3.8) is 0 Å². The largest absolute Gasteiger partial charge is 0.491 e. The molecule has 0 bridgehead atoms. The van der Waals surface area contributed by atoms with E-state index in [9.17, 15) is 0 Å². The van der Waals surface area contributed by atoms with Crippen molar-refractivity contribution in [2.45, 2.75) is 39.8 Å². The van der Waals surface area contributed by atoms with Gasteiger partial charge in [-0.1, -0.05) is 42.0 Å². The Kier molecular flexibility index (Phi) is 4.46. The predicted octanol–water partition coefficient (Wildman–Crippen LogP) is 4.14. The maximum Gasteiger partial charge on any atom is 0.124 e. The number of rotatable bonds is 4. The van der Waals surface area contributed by atoms with Gasteiger partial charge in [0, 0.05) is 5.56 Å². The Labute approximate surface area is 121 Å². The van der Waals surface area contributed by atoms with Crippen LogP contribution in [0.3, 0.4) is 0 Å². The molecule has 0 saturated heterocycles. The molecule has 0 aromatic heterocycles. The molecule has 2 aromatic carbocycles. The van der Waals surface area contributed by atoms with E-state index in [4.69, 9.17) is 10.5 Å². The van der Waals surface area contributed by atoms with Crippen molar-refractivity contribution < 1.29 is 4.74 Å². The number of aryl methyl sites for hydroxylation is 2. The molecular formula is C18H23NO. The van der Waals surface area contributed by atoms with E-state index >= 15 is 0 Å². The number of hydrogen-bond acceptors (Lipinski definition) is 2. The van der Waals surface area contributed by atoms with Crippen LogP contribution in [-0.2, 0) is 0 Å². The first-order valence-electron chi connectivity index (χ1n) is 7.07. The van der Waals surface area contributed by atoms with Gasteiger partial charge in [-0.3, -0.25) is 0 Å². The van der Waals surface area contributed by atoms with Gasteiger partial charge in [0.25, 0.3) is 0 Å². The van der Waals surface area contributed by atoms with Crippen LogP contribution in [0.4, 0.5) is 0 Å². The molecule has 2 heteroatoms. The molecule has 2 rings (SSSR count).